The summed E-state index contributed by atoms with van der Waals surface area (Å²) in [5, 5.41) is 6.34. The molecule has 0 saturated carbocycles. The van der Waals surface area contributed by atoms with Gasteiger partial charge in [0.1, 0.15) is 17.5 Å². The Morgan fingerprint density at radius 2 is 1.89 bits per heavy atom. The maximum Gasteiger partial charge on any atom is 0.135 e. The van der Waals surface area contributed by atoms with E-state index in [1.165, 1.54) is 0 Å². The molecule has 0 spiro atoms. The van der Waals surface area contributed by atoms with Crippen LogP contribution in [0.25, 0.3) is 0 Å². The molecule has 5 heteroatoms. The minimum atomic E-state index is -0.219. The lowest BCUT2D eigenvalue weighted by molar-refractivity contribution is 0.0343. The van der Waals surface area contributed by atoms with E-state index in [1.807, 2.05) is 27.0 Å². The van der Waals surface area contributed by atoms with E-state index in [-0.39, 0.29) is 5.60 Å². The van der Waals surface area contributed by atoms with Gasteiger partial charge in [-0.25, -0.2) is 9.97 Å². The number of nitrogens with one attached hydrogen (secondary N) is 2. The van der Waals surface area contributed by atoms with Crippen LogP contribution in [0.5, 0.6) is 0 Å². The lowest BCUT2D eigenvalue weighted by Crippen LogP contribution is -2.32. The molecule has 0 aliphatic carbocycles. The van der Waals surface area contributed by atoms with Crippen molar-refractivity contribution in [1.29, 1.82) is 0 Å². The lowest BCUT2D eigenvalue weighted by atomic mass is 10.1. The number of nitrogens with zero attached hydrogens (tertiary/aromatic N) is 2. The van der Waals surface area contributed by atoms with Gasteiger partial charge in [-0.15, -0.1) is 0 Å². The van der Waals surface area contributed by atoms with Gasteiger partial charge in [0.2, 0.25) is 0 Å². The van der Waals surface area contributed by atoms with Crippen LogP contribution in [0.2, 0.25) is 0 Å². The largest absolute Gasteiger partial charge is 0.377 e. The Hall–Kier alpha value is -1.36. The van der Waals surface area contributed by atoms with Crippen LogP contribution in [0.4, 0.5) is 11.6 Å². The summed E-state index contributed by atoms with van der Waals surface area (Å²) in [5.41, 5.74) is -0.219. The van der Waals surface area contributed by atoms with Gasteiger partial charge in [-0.05, 0) is 13.8 Å². The number of anilines is 2. The van der Waals surface area contributed by atoms with E-state index in [9.17, 15) is 0 Å². The number of aromatic nitrogens is 2. The Kier molecular flexibility index (Phi) is 4.90. The zero-order chi connectivity index (χ0) is 13.8. The molecule has 5 nitrogen and oxygen atoms in total. The zero-order valence-corrected chi connectivity index (χ0v) is 12.2. The smallest absolute Gasteiger partial charge is 0.135 e. The average Bonchev–Trinajstić information content (AvgIpc) is 2.36. The first-order valence-electron chi connectivity index (χ1n) is 6.23. The molecule has 1 aromatic rings. The van der Waals surface area contributed by atoms with E-state index in [0.29, 0.717) is 12.5 Å². The highest BCUT2D eigenvalue weighted by Gasteiger charge is 2.16. The fourth-order valence-corrected chi connectivity index (χ4v) is 1.32. The maximum absolute atomic E-state index is 5.37. The van der Waals surface area contributed by atoms with Crippen molar-refractivity contribution in [2.75, 3.05) is 31.3 Å². The second-order valence-corrected chi connectivity index (χ2v) is 5.22. The van der Waals surface area contributed by atoms with Crippen LogP contribution in [0.3, 0.4) is 0 Å². The van der Waals surface area contributed by atoms with E-state index in [2.05, 4.69) is 34.4 Å². The van der Waals surface area contributed by atoms with Crippen molar-refractivity contribution >= 4 is 11.6 Å². The van der Waals surface area contributed by atoms with Gasteiger partial charge in [0, 0.05) is 32.7 Å². The lowest BCUT2D eigenvalue weighted by Gasteiger charge is -2.23. The van der Waals surface area contributed by atoms with Crippen molar-refractivity contribution in [2.45, 2.75) is 39.2 Å². The predicted molar refractivity (Wildman–Crippen MR) is 75.2 cm³/mol. The van der Waals surface area contributed by atoms with Crippen molar-refractivity contribution < 1.29 is 4.74 Å². The minimum absolute atomic E-state index is 0.219. The number of hydrogen-bond acceptors (Lipinski definition) is 5. The molecule has 1 aromatic heterocycles. The molecule has 1 rings (SSSR count). The van der Waals surface area contributed by atoms with Gasteiger partial charge in [0.15, 0.2) is 0 Å². The normalized spacial score (nSPS) is 11.7. The van der Waals surface area contributed by atoms with Crippen molar-refractivity contribution in [3.8, 4) is 0 Å². The summed E-state index contributed by atoms with van der Waals surface area (Å²) in [4.78, 5) is 8.92. The van der Waals surface area contributed by atoms with Crippen LogP contribution in [0.15, 0.2) is 6.07 Å². The van der Waals surface area contributed by atoms with Crippen LogP contribution < -0.4 is 10.6 Å². The molecule has 0 atom stereocenters. The SMILES string of the molecule is CNc1cc(NCC(C)(C)OC)nc(C(C)C)n1. The molecular weight excluding hydrogens is 228 g/mol. The summed E-state index contributed by atoms with van der Waals surface area (Å²) in [6, 6.07) is 1.90. The van der Waals surface area contributed by atoms with Crippen molar-refractivity contribution in [2.24, 2.45) is 0 Å². The molecule has 0 aliphatic heterocycles. The summed E-state index contributed by atoms with van der Waals surface area (Å²) >= 11 is 0. The van der Waals surface area contributed by atoms with Gasteiger partial charge in [-0.3, -0.25) is 0 Å². The Balaban J connectivity index is 2.85. The van der Waals surface area contributed by atoms with Crippen LogP contribution in [-0.2, 0) is 4.74 Å². The summed E-state index contributed by atoms with van der Waals surface area (Å²) < 4.78 is 5.37. The first-order chi connectivity index (χ1) is 8.38. The van der Waals surface area contributed by atoms with Crippen LogP contribution in [-0.4, -0.2) is 36.3 Å². The third-order valence-electron chi connectivity index (χ3n) is 2.76. The molecule has 0 radical (unpaired) electrons. The Bertz CT molecular complexity index is 391. The van der Waals surface area contributed by atoms with Crippen molar-refractivity contribution in [3.05, 3.63) is 11.9 Å². The number of rotatable bonds is 6. The fourth-order valence-electron chi connectivity index (χ4n) is 1.32. The second kappa shape index (κ2) is 6.00. The van der Waals surface area contributed by atoms with Crippen molar-refractivity contribution in [3.63, 3.8) is 0 Å². The Labute approximate surface area is 109 Å². The third kappa shape index (κ3) is 4.14. The highest BCUT2D eigenvalue weighted by Crippen LogP contribution is 2.17. The molecular formula is C13H24N4O. The summed E-state index contributed by atoms with van der Waals surface area (Å²) in [6.07, 6.45) is 0. The highest BCUT2D eigenvalue weighted by molar-refractivity contribution is 5.47. The molecule has 0 unspecified atom stereocenters. The molecule has 0 bridgehead atoms. The standard InChI is InChI=1S/C13H24N4O/c1-9(2)12-16-10(14-5)7-11(17-12)15-8-13(3,4)18-6/h7,9H,8H2,1-6H3,(H2,14,15,16,17). The molecule has 1 heterocycles. The molecule has 0 fully saturated rings. The van der Waals surface area contributed by atoms with Gasteiger partial charge in [-0.1, -0.05) is 13.8 Å². The number of ether oxygens (including phenoxy) is 1. The molecule has 0 amide bonds. The van der Waals surface area contributed by atoms with Gasteiger partial charge in [0.25, 0.3) is 0 Å². The second-order valence-electron chi connectivity index (χ2n) is 5.22. The molecule has 2 N–H and O–H groups in total. The molecule has 0 aliphatic rings. The third-order valence-corrected chi connectivity index (χ3v) is 2.76. The van der Waals surface area contributed by atoms with Crippen molar-refractivity contribution in [1.82, 2.24) is 9.97 Å². The number of methoxy groups -OCH3 is 1. The quantitative estimate of drug-likeness (QED) is 0.814. The fraction of sp³-hybridized carbons (Fsp3) is 0.692. The zero-order valence-electron chi connectivity index (χ0n) is 12.2. The summed E-state index contributed by atoms with van der Waals surface area (Å²) in [5.74, 6) is 2.78. The molecule has 0 saturated heterocycles. The first-order valence-corrected chi connectivity index (χ1v) is 6.23. The summed E-state index contributed by atoms with van der Waals surface area (Å²) in [6.45, 7) is 8.92. The molecule has 0 aromatic carbocycles. The minimum Gasteiger partial charge on any atom is -0.377 e. The van der Waals surface area contributed by atoms with Gasteiger partial charge >= 0.3 is 0 Å². The number of hydrogen-bond donors (Lipinski definition) is 2. The first kappa shape index (κ1) is 14.7. The Morgan fingerprint density at radius 1 is 1.28 bits per heavy atom. The predicted octanol–water partition coefficient (Wildman–Crippen LogP) is 2.48. The van der Waals surface area contributed by atoms with Crippen LogP contribution >= 0.6 is 0 Å². The van der Waals surface area contributed by atoms with E-state index < -0.39 is 0 Å². The van der Waals surface area contributed by atoms with E-state index >= 15 is 0 Å². The molecule has 18 heavy (non-hydrogen) atoms. The van der Waals surface area contributed by atoms with Gasteiger partial charge < -0.3 is 15.4 Å². The molecule has 102 valence electrons. The van der Waals surface area contributed by atoms with Gasteiger partial charge in [0.05, 0.1) is 5.60 Å². The van der Waals surface area contributed by atoms with E-state index in [4.69, 9.17) is 4.74 Å². The summed E-state index contributed by atoms with van der Waals surface area (Å²) in [7, 11) is 3.57. The van der Waals surface area contributed by atoms with Crippen LogP contribution in [0.1, 0.15) is 39.4 Å². The maximum atomic E-state index is 5.37. The van der Waals surface area contributed by atoms with E-state index in [0.717, 1.165) is 17.5 Å². The Morgan fingerprint density at radius 3 is 2.39 bits per heavy atom. The average molecular weight is 252 g/mol. The monoisotopic (exact) mass is 252 g/mol. The highest BCUT2D eigenvalue weighted by atomic mass is 16.5. The van der Waals surface area contributed by atoms with E-state index in [1.54, 1.807) is 7.11 Å². The van der Waals surface area contributed by atoms with Crippen LogP contribution in [0, 0.1) is 0 Å². The van der Waals surface area contributed by atoms with Gasteiger partial charge in [-0.2, -0.15) is 0 Å². The topological polar surface area (TPSA) is 59.1 Å².